The summed E-state index contributed by atoms with van der Waals surface area (Å²) in [5.74, 6) is 1.47. The summed E-state index contributed by atoms with van der Waals surface area (Å²) in [6, 6.07) is 12.1. The number of aryl methyl sites for hydroxylation is 1. The summed E-state index contributed by atoms with van der Waals surface area (Å²) >= 11 is 5.15. The first-order chi connectivity index (χ1) is 10.2. The van der Waals surface area contributed by atoms with Crippen molar-refractivity contribution in [3.05, 3.63) is 52.6 Å². The highest BCUT2D eigenvalue weighted by atomic mass is 32.1. The summed E-state index contributed by atoms with van der Waals surface area (Å²) in [7, 11) is 1.65. The average molecular weight is 298 g/mol. The highest BCUT2D eigenvalue weighted by Gasteiger charge is 2.06. The van der Waals surface area contributed by atoms with Gasteiger partial charge in [0.1, 0.15) is 11.6 Å². The number of fused-ring (bicyclic) bond motifs is 1. The van der Waals surface area contributed by atoms with E-state index in [-0.39, 0.29) is 0 Å². The zero-order chi connectivity index (χ0) is 14.8. The molecular weight excluding hydrogens is 284 g/mol. The molecule has 1 heterocycles. The van der Waals surface area contributed by atoms with Crippen LogP contribution < -0.4 is 4.74 Å². The molecule has 106 valence electrons. The van der Waals surface area contributed by atoms with E-state index < -0.39 is 0 Å². The van der Waals surface area contributed by atoms with E-state index in [1.807, 2.05) is 37.3 Å². The normalized spacial score (nSPS) is 11.3. The molecule has 0 fully saturated rings. The Kier molecular flexibility index (Phi) is 3.53. The Balaban J connectivity index is 2.17. The fourth-order valence-electron chi connectivity index (χ4n) is 2.21. The minimum Gasteiger partial charge on any atom is -0.496 e. The van der Waals surface area contributed by atoms with Gasteiger partial charge in [-0.1, -0.05) is 30.3 Å². The van der Waals surface area contributed by atoms with Crippen LogP contribution >= 0.6 is 12.2 Å². The van der Waals surface area contributed by atoms with Crippen LogP contribution in [0.1, 0.15) is 11.4 Å². The Hall–Kier alpha value is -2.47. The minimum absolute atomic E-state index is 0.461. The molecule has 1 aromatic heterocycles. The molecule has 0 aliphatic carbocycles. The summed E-state index contributed by atoms with van der Waals surface area (Å²) in [5, 5.41) is 13.4. The molecule has 6 heteroatoms. The van der Waals surface area contributed by atoms with E-state index in [4.69, 9.17) is 17.0 Å². The molecule has 0 saturated heterocycles. The van der Waals surface area contributed by atoms with Gasteiger partial charge in [0.15, 0.2) is 0 Å². The van der Waals surface area contributed by atoms with E-state index in [2.05, 4.69) is 21.4 Å². The molecule has 21 heavy (non-hydrogen) atoms. The number of nitrogens with zero attached hydrogens (tertiary/aromatic N) is 3. The Bertz CT molecular complexity index is 879. The maximum absolute atomic E-state index is 5.43. The molecular formula is C15H14N4OS. The predicted octanol–water partition coefficient (Wildman–Crippen LogP) is 3.29. The summed E-state index contributed by atoms with van der Waals surface area (Å²) in [6.07, 6.45) is 1.75. The Morgan fingerprint density at radius 3 is 2.81 bits per heavy atom. The second-order valence-electron chi connectivity index (χ2n) is 4.53. The molecule has 3 aromatic rings. The summed E-state index contributed by atoms with van der Waals surface area (Å²) < 4.78 is 7.47. The molecule has 1 N–H and O–H groups in total. The minimum atomic E-state index is 0.461. The molecule has 0 spiro atoms. The van der Waals surface area contributed by atoms with Crippen LogP contribution in [0.5, 0.6) is 5.75 Å². The molecule has 0 aliphatic heterocycles. The number of benzene rings is 2. The van der Waals surface area contributed by atoms with Crippen molar-refractivity contribution in [3.8, 4) is 5.75 Å². The van der Waals surface area contributed by atoms with E-state index in [0.717, 1.165) is 22.1 Å². The number of aromatic nitrogens is 3. The van der Waals surface area contributed by atoms with Crippen LogP contribution in [0.25, 0.3) is 10.8 Å². The molecule has 2 aromatic carbocycles. The maximum Gasteiger partial charge on any atom is 0.216 e. The first-order valence-electron chi connectivity index (χ1n) is 6.45. The van der Waals surface area contributed by atoms with Crippen molar-refractivity contribution in [1.29, 1.82) is 0 Å². The Morgan fingerprint density at radius 1 is 1.29 bits per heavy atom. The van der Waals surface area contributed by atoms with Gasteiger partial charge in [-0.25, -0.2) is 0 Å². The lowest BCUT2D eigenvalue weighted by Gasteiger charge is -2.08. The van der Waals surface area contributed by atoms with Gasteiger partial charge in [-0.2, -0.15) is 14.9 Å². The highest BCUT2D eigenvalue weighted by Crippen LogP contribution is 2.26. The first kappa shape index (κ1) is 13.5. The fraction of sp³-hybridized carbons (Fsp3) is 0.133. The molecule has 3 rings (SSSR count). The van der Waals surface area contributed by atoms with Gasteiger partial charge in [0, 0.05) is 5.56 Å². The lowest BCUT2D eigenvalue weighted by Crippen LogP contribution is -1.97. The Labute approximate surface area is 126 Å². The first-order valence-corrected chi connectivity index (χ1v) is 6.85. The van der Waals surface area contributed by atoms with Crippen molar-refractivity contribution in [2.24, 2.45) is 5.10 Å². The number of methoxy groups -OCH3 is 1. The second kappa shape index (κ2) is 5.49. The standard InChI is InChI=1S/C15H14N4OS/c1-10-17-18-15(21)19(10)16-9-13-12-6-4-3-5-11(12)7-8-14(13)20-2/h3-9H,1-2H3,(H,18,21)/b16-9-. The molecule has 0 unspecified atom stereocenters. The number of nitrogens with one attached hydrogen (secondary N) is 1. The van der Waals surface area contributed by atoms with Gasteiger partial charge in [-0.15, -0.1) is 0 Å². The topological polar surface area (TPSA) is 55.2 Å². The number of aromatic amines is 1. The molecule has 0 radical (unpaired) electrons. The Morgan fingerprint density at radius 2 is 2.10 bits per heavy atom. The predicted molar refractivity (Wildman–Crippen MR) is 85.6 cm³/mol. The number of rotatable bonds is 3. The average Bonchev–Trinajstić information content (AvgIpc) is 2.83. The molecule has 0 aliphatic rings. The van der Waals surface area contributed by atoms with Crippen molar-refractivity contribution in [1.82, 2.24) is 14.9 Å². The molecule has 0 atom stereocenters. The van der Waals surface area contributed by atoms with E-state index >= 15 is 0 Å². The van der Waals surface area contributed by atoms with Gasteiger partial charge in [0.25, 0.3) is 0 Å². The number of H-pyrrole nitrogens is 1. The smallest absolute Gasteiger partial charge is 0.216 e. The van der Waals surface area contributed by atoms with Gasteiger partial charge in [-0.05, 0) is 36.0 Å². The van der Waals surface area contributed by atoms with E-state index in [1.165, 1.54) is 0 Å². The quantitative estimate of drug-likeness (QED) is 0.596. The molecule has 0 amide bonds. The highest BCUT2D eigenvalue weighted by molar-refractivity contribution is 7.71. The van der Waals surface area contributed by atoms with Gasteiger partial charge < -0.3 is 4.74 Å². The van der Waals surface area contributed by atoms with E-state index in [1.54, 1.807) is 18.0 Å². The van der Waals surface area contributed by atoms with Crippen LogP contribution in [0.2, 0.25) is 0 Å². The number of hydrogen-bond acceptors (Lipinski definition) is 4. The van der Waals surface area contributed by atoms with Gasteiger partial charge in [0.2, 0.25) is 4.77 Å². The SMILES string of the molecule is COc1ccc2ccccc2c1/C=N\n1c(C)n[nH]c1=S. The third kappa shape index (κ3) is 2.45. The van der Waals surface area contributed by atoms with Crippen LogP contribution in [-0.4, -0.2) is 28.2 Å². The summed E-state index contributed by atoms with van der Waals surface area (Å²) in [4.78, 5) is 0. The van der Waals surface area contributed by atoms with Crippen molar-refractivity contribution in [2.75, 3.05) is 7.11 Å². The zero-order valence-corrected chi connectivity index (χ0v) is 12.5. The fourth-order valence-corrected chi connectivity index (χ4v) is 2.43. The molecule has 5 nitrogen and oxygen atoms in total. The lowest BCUT2D eigenvalue weighted by atomic mass is 10.0. The summed E-state index contributed by atoms with van der Waals surface area (Å²) in [6.45, 7) is 1.84. The monoisotopic (exact) mass is 298 g/mol. The third-order valence-electron chi connectivity index (χ3n) is 3.27. The zero-order valence-electron chi connectivity index (χ0n) is 11.7. The van der Waals surface area contributed by atoms with Gasteiger partial charge >= 0.3 is 0 Å². The van der Waals surface area contributed by atoms with Crippen LogP contribution in [0.15, 0.2) is 41.5 Å². The van der Waals surface area contributed by atoms with Crippen LogP contribution in [0.3, 0.4) is 0 Å². The number of hydrogen-bond donors (Lipinski definition) is 1. The molecule has 0 saturated carbocycles. The van der Waals surface area contributed by atoms with Crippen molar-refractivity contribution in [3.63, 3.8) is 0 Å². The van der Waals surface area contributed by atoms with E-state index in [0.29, 0.717) is 10.6 Å². The van der Waals surface area contributed by atoms with Crippen molar-refractivity contribution < 1.29 is 4.74 Å². The van der Waals surface area contributed by atoms with E-state index in [9.17, 15) is 0 Å². The van der Waals surface area contributed by atoms with Crippen LogP contribution in [-0.2, 0) is 0 Å². The van der Waals surface area contributed by atoms with Gasteiger partial charge in [-0.3, -0.25) is 5.10 Å². The van der Waals surface area contributed by atoms with Crippen molar-refractivity contribution in [2.45, 2.75) is 6.92 Å². The van der Waals surface area contributed by atoms with Gasteiger partial charge in [0.05, 0.1) is 13.3 Å². The molecule has 0 bridgehead atoms. The van der Waals surface area contributed by atoms with Crippen LogP contribution in [0, 0.1) is 11.7 Å². The van der Waals surface area contributed by atoms with Crippen molar-refractivity contribution >= 4 is 29.2 Å². The van der Waals surface area contributed by atoms with Crippen LogP contribution in [0.4, 0.5) is 0 Å². The largest absolute Gasteiger partial charge is 0.496 e. The number of ether oxygens (including phenoxy) is 1. The summed E-state index contributed by atoms with van der Waals surface area (Å²) in [5.41, 5.74) is 0.915. The second-order valence-corrected chi connectivity index (χ2v) is 4.92. The lowest BCUT2D eigenvalue weighted by molar-refractivity contribution is 0.415. The third-order valence-corrected chi connectivity index (χ3v) is 3.53. The maximum atomic E-state index is 5.43.